The third-order valence-electron chi connectivity index (χ3n) is 1.98. The zero-order chi connectivity index (χ0) is 13.6. The lowest BCUT2D eigenvalue weighted by atomic mass is 10.3. The fourth-order valence-electron chi connectivity index (χ4n) is 1.09. The van der Waals surface area contributed by atoms with Gasteiger partial charge in [0.1, 0.15) is 12.4 Å². The van der Waals surface area contributed by atoms with Gasteiger partial charge >= 0.3 is 0 Å². The summed E-state index contributed by atoms with van der Waals surface area (Å²) in [5, 5.41) is 0.234. The van der Waals surface area contributed by atoms with E-state index in [2.05, 4.69) is 11.3 Å². The molecule has 0 aliphatic heterocycles. The molecule has 0 aliphatic carbocycles. The molecule has 0 atom stereocenters. The van der Waals surface area contributed by atoms with Crippen LogP contribution >= 0.6 is 11.6 Å². The maximum Gasteiger partial charge on any atom is 0.215 e. The fourth-order valence-corrected chi connectivity index (χ4v) is 2.08. The zero-order valence-corrected chi connectivity index (χ0v) is 11.3. The number of nitrogens with one attached hydrogen (secondary N) is 1. The van der Waals surface area contributed by atoms with Gasteiger partial charge in [0, 0.05) is 17.3 Å². The average molecular weight is 291 g/mol. The first kappa shape index (κ1) is 14.8. The zero-order valence-electron chi connectivity index (χ0n) is 9.73. The molecule has 1 rings (SSSR count). The van der Waals surface area contributed by atoms with Crippen LogP contribution in [0.3, 0.4) is 0 Å². The van der Waals surface area contributed by atoms with Gasteiger partial charge in [-0.05, 0) is 24.3 Å². The number of ether oxygens (including phenoxy) is 1. The Kier molecular flexibility index (Phi) is 5.46. The monoisotopic (exact) mass is 290 g/mol. The molecule has 0 spiro atoms. The van der Waals surface area contributed by atoms with Gasteiger partial charge in [0.15, 0.2) is 0 Å². The Morgan fingerprint density at radius 2 is 2.00 bits per heavy atom. The quantitative estimate of drug-likeness (QED) is 0.742. The van der Waals surface area contributed by atoms with Crippen molar-refractivity contribution < 1.29 is 13.2 Å². The van der Waals surface area contributed by atoms with E-state index in [1.807, 2.05) is 0 Å². The molecule has 1 aromatic carbocycles. The van der Waals surface area contributed by atoms with E-state index in [4.69, 9.17) is 22.1 Å². The van der Waals surface area contributed by atoms with Crippen molar-refractivity contribution in [2.75, 3.05) is 24.6 Å². The summed E-state index contributed by atoms with van der Waals surface area (Å²) in [6, 6.07) is 6.71. The summed E-state index contributed by atoms with van der Waals surface area (Å²) in [6.45, 7) is 3.46. The number of hydrogen-bond donors (Lipinski definition) is 2. The van der Waals surface area contributed by atoms with E-state index in [0.29, 0.717) is 11.4 Å². The second-order valence-corrected chi connectivity index (χ2v) is 6.04. The Balaban J connectivity index is 2.37. The molecule has 18 heavy (non-hydrogen) atoms. The van der Waals surface area contributed by atoms with Crippen LogP contribution in [0.4, 0.5) is 5.69 Å². The Hall–Kier alpha value is -1.24. The van der Waals surface area contributed by atoms with Crippen molar-refractivity contribution in [2.24, 2.45) is 0 Å². The predicted octanol–water partition coefficient (Wildman–Crippen LogP) is 1.32. The number of sulfonamides is 1. The largest absolute Gasteiger partial charge is 0.492 e. The number of rotatable bonds is 7. The lowest BCUT2D eigenvalue weighted by Gasteiger charge is -2.08. The highest BCUT2D eigenvalue weighted by Crippen LogP contribution is 2.12. The molecular formula is C11H15ClN2O3S. The minimum atomic E-state index is -3.40. The molecule has 0 bridgehead atoms. The number of nitrogen functional groups attached to an aromatic ring is 1. The average Bonchev–Trinajstić information content (AvgIpc) is 2.29. The van der Waals surface area contributed by atoms with Crippen molar-refractivity contribution in [3.05, 3.63) is 35.9 Å². The highest BCUT2D eigenvalue weighted by molar-refractivity contribution is 7.89. The number of halogens is 1. The van der Waals surface area contributed by atoms with E-state index in [1.54, 1.807) is 24.3 Å². The number of anilines is 1. The predicted molar refractivity (Wildman–Crippen MR) is 73.1 cm³/mol. The van der Waals surface area contributed by atoms with Crippen LogP contribution in [0.15, 0.2) is 35.9 Å². The van der Waals surface area contributed by atoms with Gasteiger partial charge in [0.2, 0.25) is 10.0 Å². The molecule has 0 radical (unpaired) electrons. The van der Waals surface area contributed by atoms with Gasteiger partial charge in [-0.3, -0.25) is 0 Å². The van der Waals surface area contributed by atoms with E-state index in [9.17, 15) is 8.42 Å². The second-order valence-electron chi connectivity index (χ2n) is 3.57. The first-order valence-corrected chi connectivity index (χ1v) is 7.21. The summed E-state index contributed by atoms with van der Waals surface area (Å²) >= 11 is 5.46. The van der Waals surface area contributed by atoms with Gasteiger partial charge < -0.3 is 10.5 Å². The van der Waals surface area contributed by atoms with E-state index in [1.165, 1.54) is 0 Å². The number of benzene rings is 1. The molecule has 0 saturated heterocycles. The minimum absolute atomic E-state index is 0.0196. The molecule has 0 heterocycles. The Morgan fingerprint density at radius 1 is 1.39 bits per heavy atom. The van der Waals surface area contributed by atoms with E-state index in [-0.39, 0.29) is 23.9 Å². The molecule has 0 fully saturated rings. The van der Waals surface area contributed by atoms with Crippen LogP contribution in [0.1, 0.15) is 0 Å². The van der Waals surface area contributed by atoms with Crippen LogP contribution < -0.4 is 15.2 Å². The maximum atomic E-state index is 11.5. The summed E-state index contributed by atoms with van der Waals surface area (Å²) in [5.74, 6) is 0.419. The van der Waals surface area contributed by atoms with Crippen molar-refractivity contribution in [1.29, 1.82) is 0 Å². The molecule has 100 valence electrons. The number of nitrogens with two attached hydrogens (primary N) is 1. The molecule has 3 N–H and O–H groups in total. The summed E-state index contributed by atoms with van der Waals surface area (Å²) < 4.78 is 30.5. The summed E-state index contributed by atoms with van der Waals surface area (Å²) in [7, 11) is -3.40. The van der Waals surface area contributed by atoms with Crippen molar-refractivity contribution in [2.45, 2.75) is 0 Å². The van der Waals surface area contributed by atoms with Crippen LogP contribution in [0.25, 0.3) is 0 Å². The van der Waals surface area contributed by atoms with Crippen LogP contribution in [0, 0.1) is 0 Å². The summed E-state index contributed by atoms with van der Waals surface area (Å²) in [4.78, 5) is 0. The molecule has 0 unspecified atom stereocenters. The highest BCUT2D eigenvalue weighted by atomic mass is 35.5. The standard InChI is InChI=1S/C11H15ClN2O3S/c1-9(12)8-14-18(15,16)7-6-17-11-4-2-10(13)3-5-11/h2-5,14H,1,6-8,13H2. The van der Waals surface area contributed by atoms with Crippen molar-refractivity contribution >= 4 is 27.3 Å². The third-order valence-corrected chi connectivity index (χ3v) is 3.41. The van der Waals surface area contributed by atoms with Crippen LogP contribution in [-0.2, 0) is 10.0 Å². The molecule has 7 heteroatoms. The highest BCUT2D eigenvalue weighted by Gasteiger charge is 2.10. The lowest BCUT2D eigenvalue weighted by molar-refractivity contribution is 0.340. The van der Waals surface area contributed by atoms with Gasteiger partial charge in [-0.1, -0.05) is 18.2 Å². The third kappa shape index (κ3) is 5.90. The summed E-state index contributed by atoms with van der Waals surface area (Å²) in [6.07, 6.45) is 0. The molecule has 0 amide bonds. The van der Waals surface area contributed by atoms with Crippen molar-refractivity contribution in [3.8, 4) is 5.75 Å². The maximum absolute atomic E-state index is 11.5. The topological polar surface area (TPSA) is 81.4 Å². The van der Waals surface area contributed by atoms with Crippen LogP contribution in [0.5, 0.6) is 5.75 Å². The van der Waals surface area contributed by atoms with Crippen molar-refractivity contribution in [1.82, 2.24) is 4.72 Å². The molecule has 0 aromatic heterocycles. The Labute approximate surface area is 112 Å². The van der Waals surface area contributed by atoms with Crippen LogP contribution in [-0.4, -0.2) is 27.3 Å². The van der Waals surface area contributed by atoms with Gasteiger partial charge in [-0.25, -0.2) is 13.1 Å². The molecule has 5 nitrogen and oxygen atoms in total. The Morgan fingerprint density at radius 3 is 2.56 bits per heavy atom. The van der Waals surface area contributed by atoms with Gasteiger partial charge in [-0.2, -0.15) is 0 Å². The number of hydrogen-bond acceptors (Lipinski definition) is 4. The fraction of sp³-hybridized carbons (Fsp3) is 0.273. The van der Waals surface area contributed by atoms with Gasteiger partial charge in [0.25, 0.3) is 0 Å². The molecule has 1 aromatic rings. The molecule has 0 saturated carbocycles. The summed E-state index contributed by atoms with van der Waals surface area (Å²) in [5.41, 5.74) is 6.13. The van der Waals surface area contributed by atoms with Gasteiger partial charge in [-0.15, -0.1) is 0 Å². The second kappa shape index (κ2) is 6.63. The molecular weight excluding hydrogens is 276 g/mol. The SMILES string of the molecule is C=C(Cl)CNS(=O)(=O)CCOc1ccc(N)cc1. The van der Waals surface area contributed by atoms with Crippen LogP contribution in [0.2, 0.25) is 0 Å². The smallest absolute Gasteiger partial charge is 0.215 e. The van der Waals surface area contributed by atoms with E-state index in [0.717, 1.165) is 0 Å². The first-order valence-electron chi connectivity index (χ1n) is 5.18. The molecule has 0 aliphatic rings. The van der Waals surface area contributed by atoms with E-state index >= 15 is 0 Å². The lowest BCUT2D eigenvalue weighted by Crippen LogP contribution is -2.29. The first-order chi connectivity index (χ1) is 8.39. The van der Waals surface area contributed by atoms with E-state index < -0.39 is 10.0 Å². The minimum Gasteiger partial charge on any atom is -0.492 e. The van der Waals surface area contributed by atoms with Gasteiger partial charge in [0.05, 0.1) is 5.75 Å². The Bertz CT molecular complexity index is 500. The normalized spacial score (nSPS) is 11.2. The van der Waals surface area contributed by atoms with Crippen molar-refractivity contribution in [3.63, 3.8) is 0 Å².